The van der Waals surface area contributed by atoms with Gasteiger partial charge in [0, 0.05) is 21.8 Å². The summed E-state index contributed by atoms with van der Waals surface area (Å²) in [4.78, 5) is 4.08. The van der Waals surface area contributed by atoms with Crippen LogP contribution < -0.4 is 4.72 Å². The van der Waals surface area contributed by atoms with Crippen LogP contribution in [-0.2, 0) is 15.6 Å². The number of hydrogen-bond donors (Lipinski definition) is 2. The highest BCUT2D eigenvalue weighted by Crippen LogP contribution is 2.32. The lowest BCUT2D eigenvalue weighted by Crippen LogP contribution is -2.18. The number of aromatic nitrogens is 4. The molecule has 0 amide bonds. The Morgan fingerprint density at radius 2 is 1.87 bits per heavy atom. The van der Waals surface area contributed by atoms with Gasteiger partial charge in [-0.05, 0) is 56.3 Å². The summed E-state index contributed by atoms with van der Waals surface area (Å²) in [6.07, 6.45) is 1.59. The maximum Gasteiger partial charge on any atom is 0.262 e. The molecule has 0 unspecified atom stereocenters. The largest absolute Gasteiger partial charge is 0.386 e. The minimum absolute atomic E-state index is 0.0588. The van der Waals surface area contributed by atoms with Gasteiger partial charge in [0.1, 0.15) is 5.52 Å². The van der Waals surface area contributed by atoms with Crippen molar-refractivity contribution in [2.24, 2.45) is 0 Å². The van der Waals surface area contributed by atoms with Crippen molar-refractivity contribution < 1.29 is 13.5 Å². The van der Waals surface area contributed by atoms with E-state index in [9.17, 15) is 13.5 Å². The summed E-state index contributed by atoms with van der Waals surface area (Å²) in [7, 11) is -4.01. The van der Waals surface area contributed by atoms with E-state index in [1.165, 1.54) is 28.9 Å². The number of anilines is 1. The number of hydrogen-bond acceptors (Lipinski definition) is 6. The standard InChI is InChI=1S/C20H17Cl2N5O3S/c1-20(2,28)14-7-6-13(11-15(14)22)31(29,30)25-16-8-5-12(21)10-18(16)27-17-4-3-9-23-19(17)24-26-27/h3-11,25,28H,1-2H3. The topological polar surface area (TPSA) is 110 Å². The summed E-state index contributed by atoms with van der Waals surface area (Å²) in [6.45, 7) is 3.13. The third-order valence-corrected chi connectivity index (χ3v) is 6.48. The van der Waals surface area contributed by atoms with Crippen molar-refractivity contribution >= 4 is 50.1 Å². The molecular formula is C20H17Cl2N5O3S. The van der Waals surface area contributed by atoms with Crippen molar-refractivity contribution in [1.29, 1.82) is 0 Å². The highest BCUT2D eigenvalue weighted by atomic mass is 35.5. The van der Waals surface area contributed by atoms with Crippen LogP contribution in [0.3, 0.4) is 0 Å². The van der Waals surface area contributed by atoms with Gasteiger partial charge in [-0.3, -0.25) is 4.72 Å². The number of pyridine rings is 1. The third kappa shape index (κ3) is 4.22. The first kappa shape index (κ1) is 21.5. The molecule has 2 N–H and O–H groups in total. The zero-order chi connectivity index (χ0) is 22.4. The average Bonchev–Trinajstić information content (AvgIpc) is 3.12. The van der Waals surface area contributed by atoms with Gasteiger partial charge in [-0.1, -0.05) is 34.5 Å². The molecule has 0 atom stereocenters. The maximum atomic E-state index is 13.1. The van der Waals surface area contributed by atoms with Crippen LogP contribution in [0.25, 0.3) is 16.9 Å². The minimum Gasteiger partial charge on any atom is -0.386 e. The van der Waals surface area contributed by atoms with Crippen LogP contribution in [0.4, 0.5) is 5.69 Å². The van der Waals surface area contributed by atoms with Gasteiger partial charge in [0.05, 0.1) is 21.9 Å². The number of fused-ring (bicyclic) bond motifs is 1. The van der Waals surface area contributed by atoms with E-state index < -0.39 is 15.6 Å². The lowest BCUT2D eigenvalue weighted by molar-refractivity contribution is 0.0786. The monoisotopic (exact) mass is 477 g/mol. The molecule has 160 valence electrons. The summed E-state index contributed by atoms with van der Waals surface area (Å²) in [5.74, 6) is 0. The molecule has 0 saturated heterocycles. The first-order chi connectivity index (χ1) is 14.6. The van der Waals surface area contributed by atoms with Gasteiger partial charge >= 0.3 is 0 Å². The normalized spacial score (nSPS) is 12.3. The fraction of sp³-hybridized carbons (Fsp3) is 0.150. The molecule has 0 radical (unpaired) electrons. The fourth-order valence-electron chi connectivity index (χ4n) is 3.07. The molecular weight excluding hydrogens is 461 g/mol. The van der Waals surface area contributed by atoms with Crippen LogP contribution in [0.5, 0.6) is 0 Å². The number of halogens is 2. The van der Waals surface area contributed by atoms with Crippen LogP contribution >= 0.6 is 23.2 Å². The Bertz CT molecular complexity index is 1400. The van der Waals surface area contributed by atoms with Gasteiger partial charge in [-0.25, -0.2) is 18.1 Å². The summed E-state index contributed by atoms with van der Waals surface area (Å²) in [6, 6.07) is 12.3. The Hall–Kier alpha value is -2.72. The van der Waals surface area contributed by atoms with Crippen molar-refractivity contribution in [2.45, 2.75) is 24.3 Å². The number of rotatable bonds is 5. The molecule has 4 rings (SSSR count). The number of nitrogens with zero attached hydrogens (tertiary/aromatic N) is 4. The first-order valence-electron chi connectivity index (χ1n) is 9.08. The third-order valence-electron chi connectivity index (χ3n) is 4.57. The molecule has 0 aliphatic heterocycles. The van der Waals surface area contributed by atoms with Crippen LogP contribution in [0, 0.1) is 0 Å². The summed E-state index contributed by atoms with van der Waals surface area (Å²) >= 11 is 12.4. The molecule has 2 aromatic carbocycles. The number of aliphatic hydroxyl groups is 1. The van der Waals surface area contributed by atoms with Crippen molar-refractivity contribution in [3.05, 3.63) is 70.3 Å². The quantitative estimate of drug-likeness (QED) is 0.446. The molecule has 0 fully saturated rings. The van der Waals surface area contributed by atoms with E-state index in [0.717, 1.165) is 0 Å². The fourth-order valence-corrected chi connectivity index (χ4v) is 4.82. The SMILES string of the molecule is CC(C)(O)c1ccc(S(=O)(=O)Nc2ccc(Cl)cc2-n2nnc3ncccc32)cc1Cl. The van der Waals surface area contributed by atoms with Gasteiger partial charge < -0.3 is 5.11 Å². The molecule has 0 aliphatic carbocycles. The molecule has 0 spiro atoms. The highest BCUT2D eigenvalue weighted by molar-refractivity contribution is 7.92. The Kier molecular flexibility index (Phi) is 5.38. The number of benzene rings is 2. The molecule has 8 nitrogen and oxygen atoms in total. The summed E-state index contributed by atoms with van der Waals surface area (Å²) < 4.78 is 30.1. The van der Waals surface area contributed by atoms with E-state index >= 15 is 0 Å². The predicted octanol–water partition coefficient (Wildman–Crippen LogP) is 4.15. The predicted molar refractivity (Wildman–Crippen MR) is 119 cm³/mol. The van der Waals surface area contributed by atoms with Crippen LogP contribution in [0.2, 0.25) is 10.0 Å². The first-order valence-corrected chi connectivity index (χ1v) is 11.3. The zero-order valence-electron chi connectivity index (χ0n) is 16.4. The maximum absolute atomic E-state index is 13.1. The average molecular weight is 478 g/mol. The second-order valence-electron chi connectivity index (χ2n) is 7.32. The molecule has 31 heavy (non-hydrogen) atoms. The van der Waals surface area contributed by atoms with E-state index in [0.29, 0.717) is 27.4 Å². The van der Waals surface area contributed by atoms with Gasteiger partial charge in [-0.15, -0.1) is 5.10 Å². The molecule has 0 saturated carbocycles. The van der Waals surface area contributed by atoms with Crippen molar-refractivity contribution in [3.8, 4) is 5.69 Å². The molecule has 4 aromatic rings. The molecule has 2 heterocycles. The minimum atomic E-state index is -4.01. The lowest BCUT2D eigenvalue weighted by Gasteiger charge is -2.20. The second-order valence-corrected chi connectivity index (χ2v) is 9.84. The van der Waals surface area contributed by atoms with Gasteiger partial charge in [-0.2, -0.15) is 0 Å². The number of nitrogens with one attached hydrogen (secondary N) is 1. The number of sulfonamides is 1. The summed E-state index contributed by atoms with van der Waals surface area (Å²) in [5, 5.41) is 18.8. The van der Waals surface area contributed by atoms with Crippen LogP contribution in [-0.4, -0.2) is 33.5 Å². The van der Waals surface area contributed by atoms with Crippen molar-refractivity contribution in [2.75, 3.05) is 4.72 Å². The Morgan fingerprint density at radius 3 is 2.58 bits per heavy atom. The second kappa shape index (κ2) is 7.76. The van der Waals surface area contributed by atoms with Gasteiger partial charge in [0.25, 0.3) is 10.0 Å². The van der Waals surface area contributed by atoms with E-state index in [-0.39, 0.29) is 15.6 Å². The van der Waals surface area contributed by atoms with E-state index in [1.54, 1.807) is 44.3 Å². The zero-order valence-corrected chi connectivity index (χ0v) is 18.7. The molecule has 11 heteroatoms. The van der Waals surface area contributed by atoms with Crippen LogP contribution in [0.1, 0.15) is 19.4 Å². The molecule has 0 aliphatic rings. The van der Waals surface area contributed by atoms with Crippen molar-refractivity contribution in [1.82, 2.24) is 20.0 Å². The van der Waals surface area contributed by atoms with E-state index in [1.807, 2.05) is 0 Å². The summed E-state index contributed by atoms with van der Waals surface area (Å²) in [5.41, 5.74) is 0.821. The highest BCUT2D eigenvalue weighted by Gasteiger charge is 2.24. The van der Waals surface area contributed by atoms with Gasteiger partial charge in [0.15, 0.2) is 0 Å². The lowest BCUT2D eigenvalue weighted by atomic mass is 9.99. The Morgan fingerprint density at radius 1 is 1.10 bits per heavy atom. The smallest absolute Gasteiger partial charge is 0.262 e. The molecule has 2 aromatic heterocycles. The van der Waals surface area contributed by atoms with Crippen molar-refractivity contribution in [3.63, 3.8) is 0 Å². The van der Waals surface area contributed by atoms with E-state index in [4.69, 9.17) is 23.2 Å². The van der Waals surface area contributed by atoms with Crippen LogP contribution in [0.15, 0.2) is 59.6 Å². The van der Waals surface area contributed by atoms with E-state index in [2.05, 4.69) is 20.0 Å². The Balaban J connectivity index is 1.77. The molecule has 0 bridgehead atoms. The Labute approximate surface area is 188 Å². The van der Waals surface area contributed by atoms with Gasteiger partial charge in [0.2, 0.25) is 5.65 Å².